The lowest BCUT2D eigenvalue weighted by molar-refractivity contribution is -0.144. The fourth-order valence-electron chi connectivity index (χ4n) is 3.29. The van der Waals surface area contributed by atoms with Crippen molar-refractivity contribution in [1.29, 1.82) is 0 Å². The lowest BCUT2D eigenvalue weighted by Crippen LogP contribution is -2.51. The Morgan fingerprint density at radius 2 is 1.82 bits per heavy atom. The molecular formula is C17H19F3N4O4. The molecule has 1 amide bonds. The van der Waals surface area contributed by atoms with Crippen LogP contribution in [0.1, 0.15) is 19.5 Å². The van der Waals surface area contributed by atoms with Crippen LogP contribution in [-0.2, 0) is 29.3 Å². The summed E-state index contributed by atoms with van der Waals surface area (Å²) in [7, 11) is 1.21. The highest BCUT2D eigenvalue weighted by atomic mass is 19.4. The smallest absolute Gasteiger partial charge is 0.372 e. The van der Waals surface area contributed by atoms with Crippen molar-refractivity contribution in [1.82, 2.24) is 19.0 Å². The molecule has 0 N–H and O–H groups in total. The van der Waals surface area contributed by atoms with Gasteiger partial charge in [-0.25, -0.2) is 9.78 Å². The number of amides is 1. The first-order valence-corrected chi connectivity index (χ1v) is 8.60. The van der Waals surface area contributed by atoms with Crippen LogP contribution in [-0.4, -0.2) is 50.2 Å². The maximum absolute atomic E-state index is 12.9. The number of alkyl halides is 3. The Balaban J connectivity index is 2.02. The van der Waals surface area contributed by atoms with E-state index in [2.05, 4.69) is 4.98 Å². The minimum atomic E-state index is -4.71. The number of nitrogens with zero attached hydrogens (tertiary/aromatic N) is 4. The van der Waals surface area contributed by atoms with Crippen LogP contribution in [0.3, 0.4) is 0 Å². The van der Waals surface area contributed by atoms with E-state index in [1.165, 1.54) is 11.9 Å². The maximum atomic E-state index is 12.9. The molecule has 0 spiro atoms. The molecule has 2 aromatic rings. The molecule has 0 bridgehead atoms. The third-order valence-corrected chi connectivity index (χ3v) is 4.54. The second kappa shape index (κ2) is 7.04. The van der Waals surface area contributed by atoms with Crippen molar-refractivity contribution in [2.45, 2.75) is 38.8 Å². The van der Waals surface area contributed by atoms with Gasteiger partial charge in [-0.05, 0) is 26.0 Å². The molecule has 1 aliphatic heterocycles. The van der Waals surface area contributed by atoms with Gasteiger partial charge in [-0.1, -0.05) is 0 Å². The summed E-state index contributed by atoms with van der Waals surface area (Å²) in [5, 5.41) is -0.174. The number of aryl methyl sites for hydroxylation is 1. The molecule has 1 saturated heterocycles. The molecule has 3 rings (SSSR count). The van der Waals surface area contributed by atoms with E-state index in [1.54, 1.807) is 13.8 Å². The topological polar surface area (TPSA) is 86.4 Å². The number of carbonyl (C=O) groups is 1. The van der Waals surface area contributed by atoms with E-state index in [9.17, 15) is 27.6 Å². The van der Waals surface area contributed by atoms with Crippen molar-refractivity contribution in [3.63, 3.8) is 0 Å². The van der Waals surface area contributed by atoms with Gasteiger partial charge in [0, 0.05) is 20.1 Å². The quantitative estimate of drug-likeness (QED) is 0.743. The molecule has 0 aromatic carbocycles. The van der Waals surface area contributed by atoms with Gasteiger partial charge < -0.3 is 9.64 Å². The van der Waals surface area contributed by atoms with E-state index in [-0.39, 0.29) is 23.2 Å². The Labute approximate surface area is 157 Å². The van der Waals surface area contributed by atoms with Gasteiger partial charge in [0.1, 0.15) is 17.9 Å². The third-order valence-electron chi connectivity index (χ3n) is 4.54. The lowest BCUT2D eigenvalue weighted by Gasteiger charge is -2.35. The number of fused-ring (bicyclic) bond motifs is 1. The molecule has 11 heteroatoms. The van der Waals surface area contributed by atoms with Crippen molar-refractivity contribution < 1.29 is 22.7 Å². The fourth-order valence-corrected chi connectivity index (χ4v) is 3.29. The molecule has 1 fully saturated rings. The predicted molar refractivity (Wildman–Crippen MR) is 92.8 cm³/mol. The molecule has 28 heavy (non-hydrogen) atoms. The Morgan fingerprint density at radius 3 is 2.39 bits per heavy atom. The minimum Gasteiger partial charge on any atom is -0.372 e. The van der Waals surface area contributed by atoms with E-state index in [0.717, 1.165) is 10.6 Å². The summed E-state index contributed by atoms with van der Waals surface area (Å²) in [4.78, 5) is 42.7. The number of morpholine rings is 1. The first kappa shape index (κ1) is 20.1. The average Bonchev–Trinajstić information content (AvgIpc) is 2.61. The molecule has 1 aliphatic rings. The van der Waals surface area contributed by atoms with Crippen molar-refractivity contribution in [3.05, 3.63) is 38.7 Å². The van der Waals surface area contributed by atoms with Crippen LogP contribution in [0.15, 0.2) is 21.7 Å². The number of hydrogen-bond donors (Lipinski definition) is 0. The molecule has 2 aromatic heterocycles. The minimum absolute atomic E-state index is 0.174. The Kier molecular flexibility index (Phi) is 5.04. The van der Waals surface area contributed by atoms with Crippen molar-refractivity contribution in [2.24, 2.45) is 7.05 Å². The first-order chi connectivity index (χ1) is 13.0. The summed E-state index contributed by atoms with van der Waals surface area (Å²) < 4.78 is 45.7. The van der Waals surface area contributed by atoms with Crippen LogP contribution < -0.4 is 11.2 Å². The normalized spacial score (nSPS) is 20.6. The zero-order valence-electron chi connectivity index (χ0n) is 15.5. The summed E-state index contributed by atoms with van der Waals surface area (Å²) in [6, 6.07) is 1.64. The van der Waals surface area contributed by atoms with Crippen molar-refractivity contribution in [2.75, 3.05) is 13.1 Å². The van der Waals surface area contributed by atoms with Gasteiger partial charge in [0.25, 0.3) is 5.56 Å². The SMILES string of the molecule is CC1CN(C(=O)Cn2c(=O)c3ccc(C(F)(F)F)nc3n(C)c2=O)CC(C)O1. The Hall–Kier alpha value is -2.69. The van der Waals surface area contributed by atoms with Crippen LogP contribution in [0.5, 0.6) is 0 Å². The van der Waals surface area contributed by atoms with Crippen LogP contribution in [0.4, 0.5) is 13.2 Å². The van der Waals surface area contributed by atoms with Crippen LogP contribution >= 0.6 is 0 Å². The Morgan fingerprint density at radius 1 is 1.21 bits per heavy atom. The van der Waals surface area contributed by atoms with Crippen LogP contribution in [0.25, 0.3) is 11.0 Å². The third kappa shape index (κ3) is 3.66. The molecular weight excluding hydrogens is 381 g/mol. The molecule has 0 aliphatic carbocycles. The molecule has 8 nitrogen and oxygen atoms in total. The van der Waals surface area contributed by atoms with E-state index in [0.29, 0.717) is 23.7 Å². The first-order valence-electron chi connectivity index (χ1n) is 8.60. The number of rotatable bonds is 2. The highest BCUT2D eigenvalue weighted by Crippen LogP contribution is 2.28. The average molecular weight is 400 g/mol. The van der Waals surface area contributed by atoms with E-state index in [4.69, 9.17) is 4.74 Å². The molecule has 2 unspecified atom stereocenters. The summed E-state index contributed by atoms with van der Waals surface area (Å²) >= 11 is 0. The van der Waals surface area contributed by atoms with Gasteiger partial charge in [0.2, 0.25) is 5.91 Å². The number of aromatic nitrogens is 3. The second-order valence-electron chi connectivity index (χ2n) is 6.85. The van der Waals surface area contributed by atoms with Gasteiger partial charge in [-0.15, -0.1) is 0 Å². The van der Waals surface area contributed by atoms with Gasteiger partial charge in [0.05, 0.1) is 17.6 Å². The van der Waals surface area contributed by atoms with Gasteiger partial charge >= 0.3 is 11.9 Å². The molecule has 0 radical (unpaired) electrons. The maximum Gasteiger partial charge on any atom is 0.433 e. The summed E-state index contributed by atoms with van der Waals surface area (Å²) in [6.45, 7) is 3.74. The van der Waals surface area contributed by atoms with Crippen molar-refractivity contribution >= 4 is 16.9 Å². The molecule has 2 atom stereocenters. The highest BCUT2D eigenvalue weighted by molar-refractivity contribution is 5.78. The van der Waals surface area contributed by atoms with E-state index >= 15 is 0 Å². The van der Waals surface area contributed by atoms with Gasteiger partial charge in [0.15, 0.2) is 0 Å². The number of ether oxygens (including phenoxy) is 1. The highest BCUT2D eigenvalue weighted by Gasteiger charge is 2.33. The standard InChI is InChI=1S/C17H19F3N4O4/c1-9-6-23(7-10(2)28-9)13(25)8-24-15(26)11-4-5-12(17(18,19)20)21-14(11)22(3)16(24)27/h4-5,9-10H,6-8H2,1-3H3. The van der Waals surface area contributed by atoms with Gasteiger partial charge in [-0.3, -0.25) is 18.7 Å². The molecule has 3 heterocycles. The zero-order chi connectivity index (χ0) is 20.8. The second-order valence-corrected chi connectivity index (χ2v) is 6.85. The lowest BCUT2D eigenvalue weighted by atomic mass is 10.2. The Bertz CT molecular complexity index is 1030. The van der Waals surface area contributed by atoms with Crippen LogP contribution in [0, 0.1) is 0 Å². The largest absolute Gasteiger partial charge is 0.433 e. The molecule has 152 valence electrons. The van der Waals surface area contributed by atoms with E-state index < -0.39 is 35.6 Å². The number of halogens is 3. The summed E-state index contributed by atoms with van der Waals surface area (Å²) in [6.07, 6.45) is -5.08. The predicted octanol–water partition coefficient (Wildman–Crippen LogP) is 0.750. The monoisotopic (exact) mass is 400 g/mol. The van der Waals surface area contributed by atoms with Gasteiger partial charge in [-0.2, -0.15) is 13.2 Å². The van der Waals surface area contributed by atoms with Crippen molar-refractivity contribution in [3.8, 4) is 0 Å². The number of hydrogen-bond acceptors (Lipinski definition) is 5. The number of pyridine rings is 1. The number of carbonyl (C=O) groups excluding carboxylic acids is 1. The van der Waals surface area contributed by atoms with E-state index in [1.807, 2.05) is 0 Å². The summed E-state index contributed by atoms with van der Waals surface area (Å²) in [5.74, 6) is -0.444. The zero-order valence-corrected chi connectivity index (χ0v) is 15.5. The summed E-state index contributed by atoms with van der Waals surface area (Å²) in [5.41, 5.74) is -3.37. The fraction of sp³-hybridized carbons (Fsp3) is 0.529. The molecule has 0 saturated carbocycles. The van der Waals surface area contributed by atoms with Crippen LogP contribution in [0.2, 0.25) is 0 Å².